The predicted octanol–water partition coefficient (Wildman–Crippen LogP) is 8.96. The molecule has 31 heavy (non-hydrogen) atoms. The number of aryl methyl sites for hydroxylation is 4. The molecule has 0 fully saturated rings. The highest BCUT2D eigenvalue weighted by Gasteiger charge is 2.11. The van der Waals surface area contributed by atoms with Crippen LogP contribution in [0.25, 0.3) is 0 Å². The third kappa shape index (κ3) is 9.19. The largest absolute Gasteiger partial charge is 0.381 e. The fourth-order valence-electron chi connectivity index (χ4n) is 5.00. The summed E-state index contributed by atoms with van der Waals surface area (Å²) in [5, 5.41) is 0. The van der Waals surface area contributed by atoms with Crippen LogP contribution in [0.4, 0.5) is 0 Å². The topological polar surface area (TPSA) is 9.23 Å². The van der Waals surface area contributed by atoms with Gasteiger partial charge in [-0.15, -0.1) is 0 Å². The molecule has 1 nitrogen and oxygen atoms in total. The van der Waals surface area contributed by atoms with Crippen molar-refractivity contribution in [3.05, 3.63) is 69.8 Å². The number of benzene rings is 2. The first kappa shape index (κ1) is 25.7. The maximum atomic E-state index is 5.95. The molecule has 0 N–H and O–H groups in total. The van der Waals surface area contributed by atoms with Crippen LogP contribution in [0.1, 0.15) is 110 Å². The van der Waals surface area contributed by atoms with E-state index in [-0.39, 0.29) is 0 Å². The Kier molecular flexibility index (Phi) is 11.4. The molecular formula is C30H46O. The minimum absolute atomic E-state index is 0.690. The zero-order valence-electron chi connectivity index (χ0n) is 21.1. The normalized spacial score (nSPS) is 13.4. The van der Waals surface area contributed by atoms with Gasteiger partial charge in [-0.1, -0.05) is 85.3 Å². The summed E-state index contributed by atoms with van der Waals surface area (Å²) in [4.78, 5) is 0. The summed E-state index contributed by atoms with van der Waals surface area (Å²) >= 11 is 0. The van der Waals surface area contributed by atoms with Crippen molar-refractivity contribution in [3.8, 4) is 0 Å². The van der Waals surface area contributed by atoms with Crippen molar-refractivity contribution in [2.75, 3.05) is 13.2 Å². The number of hydrogen-bond donors (Lipinski definition) is 0. The monoisotopic (exact) mass is 422 g/mol. The first-order chi connectivity index (χ1) is 14.9. The third-order valence-corrected chi connectivity index (χ3v) is 6.60. The molecule has 2 unspecified atom stereocenters. The van der Waals surface area contributed by atoms with Gasteiger partial charge in [0, 0.05) is 13.2 Å². The summed E-state index contributed by atoms with van der Waals surface area (Å²) in [6, 6.07) is 14.0. The van der Waals surface area contributed by atoms with Gasteiger partial charge < -0.3 is 4.74 Å². The molecule has 0 aliphatic rings. The zero-order valence-corrected chi connectivity index (χ0v) is 21.1. The van der Waals surface area contributed by atoms with Gasteiger partial charge in [-0.2, -0.15) is 0 Å². The summed E-state index contributed by atoms with van der Waals surface area (Å²) in [7, 11) is 0. The van der Waals surface area contributed by atoms with Crippen LogP contribution in [0.3, 0.4) is 0 Å². The Bertz CT molecular complexity index is 670. The van der Waals surface area contributed by atoms with Gasteiger partial charge in [0.1, 0.15) is 0 Å². The van der Waals surface area contributed by atoms with Crippen LogP contribution >= 0.6 is 0 Å². The van der Waals surface area contributed by atoms with E-state index < -0.39 is 0 Å². The van der Waals surface area contributed by atoms with Crippen molar-refractivity contribution in [1.82, 2.24) is 0 Å². The van der Waals surface area contributed by atoms with Crippen molar-refractivity contribution in [1.29, 1.82) is 0 Å². The van der Waals surface area contributed by atoms with E-state index in [2.05, 4.69) is 77.9 Å². The van der Waals surface area contributed by atoms with Crippen LogP contribution in [0.5, 0.6) is 0 Å². The molecule has 0 heterocycles. The van der Waals surface area contributed by atoms with Crippen LogP contribution in [0.2, 0.25) is 0 Å². The first-order valence-corrected chi connectivity index (χ1v) is 12.7. The Morgan fingerprint density at radius 1 is 0.548 bits per heavy atom. The molecule has 172 valence electrons. The van der Waals surface area contributed by atoms with E-state index >= 15 is 0 Å². The van der Waals surface area contributed by atoms with Crippen molar-refractivity contribution in [2.45, 2.75) is 105 Å². The summed E-state index contributed by atoms with van der Waals surface area (Å²) in [5.41, 5.74) is 8.60. The lowest BCUT2D eigenvalue weighted by atomic mass is 9.89. The second-order valence-electron chi connectivity index (χ2n) is 9.66. The smallest absolute Gasteiger partial charge is 0.0466 e. The highest BCUT2D eigenvalue weighted by atomic mass is 16.5. The van der Waals surface area contributed by atoms with E-state index in [1.807, 2.05) is 0 Å². The van der Waals surface area contributed by atoms with Gasteiger partial charge in [-0.3, -0.25) is 0 Å². The van der Waals surface area contributed by atoms with Gasteiger partial charge in [-0.05, 0) is 89.2 Å². The van der Waals surface area contributed by atoms with Gasteiger partial charge in [0.25, 0.3) is 0 Å². The Labute approximate surface area is 192 Å². The fraction of sp³-hybridized carbons (Fsp3) is 0.600. The third-order valence-electron chi connectivity index (χ3n) is 6.60. The Morgan fingerprint density at radius 2 is 0.903 bits per heavy atom. The molecule has 0 amide bonds. The molecule has 2 aromatic carbocycles. The molecule has 2 atom stereocenters. The molecule has 0 aliphatic heterocycles. The molecule has 2 rings (SSSR count). The van der Waals surface area contributed by atoms with E-state index in [9.17, 15) is 0 Å². The highest BCUT2D eigenvalue weighted by molar-refractivity contribution is 5.31. The summed E-state index contributed by atoms with van der Waals surface area (Å²) < 4.78 is 5.95. The van der Waals surface area contributed by atoms with Gasteiger partial charge in [0.2, 0.25) is 0 Å². The van der Waals surface area contributed by atoms with Crippen LogP contribution in [0, 0.1) is 27.7 Å². The Morgan fingerprint density at radius 3 is 1.23 bits per heavy atom. The lowest BCUT2D eigenvalue weighted by Gasteiger charge is -2.17. The molecule has 2 aromatic rings. The highest BCUT2D eigenvalue weighted by Crippen LogP contribution is 2.28. The first-order valence-electron chi connectivity index (χ1n) is 12.7. The number of unbranched alkanes of at least 4 members (excludes halogenated alkanes) is 2. The van der Waals surface area contributed by atoms with Gasteiger partial charge in [-0.25, -0.2) is 0 Å². The standard InChI is InChI=1S/C30H46O/c1-7-27(29-19-23(3)17-24(4)20-29)13-9-11-15-31-16-12-10-14-28(8-2)30-21-25(5)18-26(6)22-30/h17-22,27-28H,7-16H2,1-6H3. The Hall–Kier alpha value is -1.60. The molecular weight excluding hydrogens is 376 g/mol. The van der Waals surface area contributed by atoms with Crippen molar-refractivity contribution >= 4 is 0 Å². The quantitative estimate of drug-likeness (QED) is 0.276. The van der Waals surface area contributed by atoms with Crippen LogP contribution in [-0.2, 0) is 4.74 Å². The lowest BCUT2D eigenvalue weighted by molar-refractivity contribution is 0.125. The lowest BCUT2D eigenvalue weighted by Crippen LogP contribution is -2.03. The maximum absolute atomic E-state index is 5.95. The summed E-state index contributed by atoms with van der Waals surface area (Å²) in [6.45, 7) is 15.3. The average Bonchev–Trinajstić information content (AvgIpc) is 2.70. The van der Waals surface area contributed by atoms with E-state index in [1.165, 1.54) is 84.7 Å². The Balaban J connectivity index is 1.59. The summed E-state index contributed by atoms with van der Waals surface area (Å²) in [5.74, 6) is 1.38. The average molecular weight is 423 g/mol. The molecule has 0 bridgehead atoms. The van der Waals surface area contributed by atoms with Crippen LogP contribution in [0.15, 0.2) is 36.4 Å². The molecule has 0 radical (unpaired) electrons. The predicted molar refractivity (Wildman–Crippen MR) is 136 cm³/mol. The van der Waals surface area contributed by atoms with Crippen LogP contribution in [-0.4, -0.2) is 13.2 Å². The molecule has 0 aromatic heterocycles. The van der Waals surface area contributed by atoms with E-state index in [4.69, 9.17) is 4.74 Å². The minimum atomic E-state index is 0.690. The molecule has 0 spiro atoms. The second-order valence-corrected chi connectivity index (χ2v) is 9.66. The van der Waals surface area contributed by atoms with E-state index in [0.717, 1.165) is 13.2 Å². The fourth-order valence-corrected chi connectivity index (χ4v) is 5.00. The van der Waals surface area contributed by atoms with E-state index in [0.29, 0.717) is 11.8 Å². The SMILES string of the molecule is CCC(CCCCOCCCCC(CC)c1cc(C)cc(C)c1)c1cc(C)cc(C)c1. The number of rotatable bonds is 14. The second kappa shape index (κ2) is 13.7. The van der Waals surface area contributed by atoms with Crippen molar-refractivity contribution in [3.63, 3.8) is 0 Å². The van der Waals surface area contributed by atoms with Crippen molar-refractivity contribution in [2.24, 2.45) is 0 Å². The van der Waals surface area contributed by atoms with Gasteiger partial charge in [0.15, 0.2) is 0 Å². The molecule has 0 saturated heterocycles. The van der Waals surface area contributed by atoms with Crippen molar-refractivity contribution < 1.29 is 4.74 Å². The number of ether oxygens (including phenoxy) is 1. The van der Waals surface area contributed by atoms with Gasteiger partial charge >= 0.3 is 0 Å². The minimum Gasteiger partial charge on any atom is -0.381 e. The van der Waals surface area contributed by atoms with Crippen LogP contribution < -0.4 is 0 Å². The number of hydrogen-bond acceptors (Lipinski definition) is 1. The molecule has 1 heteroatoms. The zero-order chi connectivity index (χ0) is 22.6. The summed E-state index contributed by atoms with van der Waals surface area (Å²) in [6.07, 6.45) is 9.88. The maximum Gasteiger partial charge on any atom is 0.0466 e. The van der Waals surface area contributed by atoms with E-state index in [1.54, 1.807) is 0 Å². The molecule has 0 aliphatic carbocycles. The van der Waals surface area contributed by atoms with Gasteiger partial charge in [0.05, 0.1) is 0 Å². The molecule has 0 saturated carbocycles.